The van der Waals surface area contributed by atoms with Crippen LogP contribution in [0.25, 0.3) is 10.9 Å². The van der Waals surface area contributed by atoms with Crippen molar-refractivity contribution in [3.63, 3.8) is 0 Å². The molecule has 0 aliphatic carbocycles. The van der Waals surface area contributed by atoms with Crippen LogP contribution in [0.2, 0.25) is 0 Å². The third kappa shape index (κ3) is 3.23. The summed E-state index contributed by atoms with van der Waals surface area (Å²) in [4.78, 5) is 23.0. The Labute approximate surface area is 134 Å². The Balaban J connectivity index is 1.89. The third-order valence-corrected chi connectivity index (χ3v) is 3.82. The van der Waals surface area contributed by atoms with Gasteiger partial charge in [0.1, 0.15) is 6.10 Å². The summed E-state index contributed by atoms with van der Waals surface area (Å²) in [5.41, 5.74) is 2.59. The Bertz CT molecular complexity index is 887. The van der Waals surface area contributed by atoms with E-state index in [0.717, 1.165) is 5.56 Å². The van der Waals surface area contributed by atoms with Crippen molar-refractivity contribution in [3.05, 3.63) is 64.2 Å². The van der Waals surface area contributed by atoms with Gasteiger partial charge in [-0.25, -0.2) is 0 Å². The van der Waals surface area contributed by atoms with E-state index < -0.39 is 0 Å². The van der Waals surface area contributed by atoms with E-state index in [1.54, 1.807) is 18.5 Å². The minimum atomic E-state index is -0.226. The van der Waals surface area contributed by atoms with Crippen LogP contribution in [0.3, 0.4) is 0 Å². The van der Waals surface area contributed by atoms with E-state index in [0.29, 0.717) is 16.8 Å². The minimum absolute atomic E-state index is 0.206. The number of aromatic nitrogens is 3. The lowest BCUT2D eigenvalue weighted by Gasteiger charge is -2.16. The molecule has 0 radical (unpaired) electrons. The second-order valence-corrected chi connectivity index (χ2v) is 5.85. The van der Waals surface area contributed by atoms with Crippen LogP contribution in [0.1, 0.15) is 43.9 Å². The monoisotopic (exact) mass is 309 g/mol. The first-order valence-electron chi connectivity index (χ1n) is 7.65. The summed E-state index contributed by atoms with van der Waals surface area (Å²) < 4.78 is 5.83. The number of H-pyrrole nitrogens is 1. The SMILES string of the molecule is CC(C)c1cccc(C(C)Oc2nc3cnccc3c(=O)[nH]2)c1. The van der Waals surface area contributed by atoms with Crippen LogP contribution < -0.4 is 10.3 Å². The lowest BCUT2D eigenvalue weighted by Crippen LogP contribution is -2.13. The molecule has 0 bridgehead atoms. The van der Waals surface area contributed by atoms with Crippen molar-refractivity contribution >= 4 is 10.9 Å². The van der Waals surface area contributed by atoms with Gasteiger partial charge in [0.2, 0.25) is 0 Å². The molecule has 2 heterocycles. The molecule has 5 nitrogen and oxygen atoms in total. The van der Waals surface area contributed by atoms with Crippen LogP contribution in [-0.4, -0.2) is 15.0 Å². The number of rotatable bonds is 4. The Kier molecular flexibility index (Phi) is 4.10. The summed E-state index contributed by atoms with van der Waals surface area (Å²) in [7, 11) is 0. The molecule has 0 amide bonds. The summed E-state index contributed by atoms with van der Waals surface area (Å²) >= 11 is 0. The van der Waals surface area contributed by atoms with Gasteiger partial charge in [0.25, 0.3) is 11.6 Å². The second kappa shape index (κ2) is 6.20. The molecule has 1 atom stereocenters. The van der Waals surface area contributed by atoms with Gasteiger partial charge in [-0.1, -0.05) is 38.1 Å². The van der Waals surface area contributed by atoms with E-state index in [4.69, 9.17) is 4.74 Å². The molecule has 0 spiro atoms. The second-order valence-electron chi connectivity index (χ2n) is 5.85. The average Bonchev–Trinajstić information content (AvgIpc) is 2.55. The predicted molar refractivity (Wildman–Crippen MR) is 89.7 cm³/mol. The zero-order chi connectivity index (χ0) is 16.4. The van der Waals surface area contributed by atoms with Crippen molar-refractivity contribution in [3.8, 4) is 6.01 Å². The largest absolute Gasteiger partial charge is 0.457 e. The van der Waals surface area contributed by atoms with Gasteiger partial charge in [0.05, 0.1) is 17.1 Å². The van der Waals surface area contributed by atoms with Crippen molar-refractivity contribution in [2.24, 2.45) is 0 Å². The fourth-order valence-corrected chi connectivity index (χ4v) is 2.43. The van der Waals surface area contributed by atoms with Gasteiger partial charge in [-0.2, -0.15) is 4.98 Å². The van der Waals surface area contributed by atoms with Crippen molar-refractivity contribution < 1.29 is 4.74 Å². The summed E-state index contributed by atoms with van der Waals surface area (Å²) in [5, 5.41) is 0.502. The fourth-order valence-electron chi connectivity index (χ4n) is 2.43. The quantitative estimate of drug-likeness (QED) is 0.800. The van der Waals surface area contributed by atoms with Gasteiger partial charge < -0.3 is 4.74 Å². The van der Waals surface area contributed by atoms with Gasteiger partial charge >= 0.3 is 0 Å². The molecule has 1 N–H and O–H groups in total. The maximum atomic E-state index is 12.1. The van der Waals surface area contributed by atoms with Crippen LogP contribution in [0, 0.1) is 0 Å². The summed E-state index contributed by atoms with van der Waals surface area (Å²) in [6.45, 7) is 6.24. The first-order valence-corrected chi connectivity index (χ1v) is 7.65. The average molecular weight is 309 g/mol. The highest BCUT2D eigenvalue weighted by Gasteiger charge is 2.12. The molecule has 1 aromatic carbocycles. The highest BCUT2D eigenvalue weighted by atomic mass is 16.5. The molecule has 3 rings (SSSR count). The Hall–Kier alpha value is -2.69. The summed E-state index contributed by atoms with van der Waals surface area (Å²) in [5.74, 6) is 0.451. The molecule has 3 aromatic rings. The van der Waals surface area contributed by atoms with Crippen LogP contribution in [0.15, 0.2) is 47.5 Å². The number of fused-ring (bicyclic) bond motifs is 1. The van der Waals surface area contributed by atoms with E-state index >= 15 is 0 Å². The number of benzene rings is 1. The van der Waals surface area contributed by atoms with E-state index in [-0.39, 0.29) is 17.7 Å². The maximum absolute atomic E-state index is 12.1. The Morgan fingerprint density at radius 2 is 1.91 bits per heavy atom. The van der Waals surface area contributed by atoms with Crippen molar-refractivity contribution in [2.45, 2.75) is 32.8 Å². The van der Waals surface area contributed by atoms with Crippen LogP contribution in [0.5, 0.6) is 6.01 Å². The Morgan fingerprint density at radius 1 is 1.13 bits per heavy atom. The third-order valence-electron chi connectivity index (χ3n) is 3.82. The van der Waals surface area contributed by atoms with Gasteiger partial charge in [0, 0.05) is 6.20 Å². The standard InChI is InChI=1S/C18H19N3O2/c1-11(2)13-5-4-6-14(9-13)12(3)23-18-20-16-10-19-8-7-15(16)17(22)21-18/h4-12H,1-3H3,(H,20,21,22). The van der Waals surface area contributed by atoms with E-state index in [2.05, 4.69) is 40.9 Å². The first-order chi connectivity index (χ1) is 11.0. The molecule has 1 unspecified atom stereocenters. The molecule has 0 aliphatic heterocycles. The highest BCUT2D eigenvalue weighted by Crippen LogP contribution is 2.23. The van der Waals surface area contributed by atoms with Gasteiger partial charge in [-0.05, 0) is 30.0 Å². The molecule has 0 saturated heterocycles. The van der Waals surface area contributed by atoms with Crippen molar-refractivity contribution in [1.29, 1.82) is 0 Å². The van der Waals surface area contributed by atoms with Gasteiger partial charge in [0.15, 0.2) is 0 Å². The number of hydrogen-bond acceptors (Lipinski definition) is 4. The van der Waals surface area contributed by atoms with Gasteiger partial charge in [-0.15, -0.1) is 0 Å². The zero-order valence-corrected chi connectivity index (χ0v) is 13.4. The molecule has 23 heavy (non-hydrogen) atoms. The summed E-state index contributed by atoms with van der Waals surface area (Å²) in [6, 6.07) is 10.1. The lowest BCUT2D eigenvalue weighted by molar-refractivity contribution is 0.207. The maximum Gasteiger partial charge on any atom is 0.297 e. The van der Waals surface area contributed by atoms with E-state index in [1.807, 2.05) is 19.1 Å². The molecule has 0 fully saturated rings. The van der Waals surface area contributed by atoms with Crippen LogP contribution >= 0.6 is 0 Å². The fraction of sp³-hybridized carbons (Fsp3) is 0.278. The number of nitrogens with zero attached hydrogens (tertiary/aromatic N) is 2. The first kappa shape index (κ1) is 15.2. The van der Waals surface area contributed by atoms with Crippen LogP contribution in [0.4, 0.5) is 0 Å². The smallest absolute Gasteiger partial charge is 0.297 e. The van der Waals surface area contributed by atoms with Crippen molar-refractivity contribution in [1.82, 2.24) is 15.0 Å². The molecular formula is C18H19N3O2. The highest BCUT2D eigenvalue weighted by molar-refractivity contribution is 5.76. The van der Waals surface area contributed by atoms with Gasteiger partial charge in [-0.3, -0.25) is 14.8 Å². The zero-order valence-electron chi connectivity index (χ0n) is 13.4. The number of aromatic amines is 1. The molecule has 0 saturated carbocycles. The normalized spacial score (nSPS) is 12.5. The lowest BCUT2D eigenvalue weighted by atomic mass is 9.99. The van der Waals surface area contributed by atoms with Crippen LogP contribution in [-0.2, 0) is 0 Å². The molecule has 118 valence electrons. The van der Waals surface area contributed by atoms with E-state index in [9.17, 15) is 4.79 Å². The predicted octanol–water partition coefficient (Wildman–Crippen LogP) is 3.58. The minimum Gasteiger partial charge on any atom is -0.457 e. The topological polar surface area (TPSA) is 67.9 Å². The van der Waals surface area contributed by atoms with E-state index in [1.165, 1.54) is 5.56 Å². The number of pyridine rings is 1. The molecule has 5 heteroatoms. The molecule has 2 aromatic heterocycles. The number of hydrogen-bond donors (Lipinski definition) is 1. The van der Waals surface area contributed by atoms with Crippen molar-refractivity contribution in [2.75, 3.05) is 0 Å². The molecular weight excluding hydrogens is 290 g/mol. The number of nitrogens with one attached hydrogen (secondary N) is 1. The molecule has 0 aliphatic rings. The number of ether oxygens (including phenoxy) is 1. The summed E-state index contributed by atoms with van der Waals surface area (Å²) in [6.07, 6.45) is 2.91. The Morgan fingerprint density at radius 3 is 2.70 bits per heavy atom.